The van der Waals surface area contributed by atoms with E-state index < -0.39 is 24.5 Å². The summed E-state index contributed by atoms with van der Waals surface area (Å²) >= 11 is 0. The van der Waals surface area contributed by atoms with E-state index in [0.717, 1.165) is 6.42 Å². The van der Waals surface area contributed by atoms with Crippen LogP contribution in [0.2, 0.25) is 0 Å². The van der Waals surface area contributed by atoms with Gasteiger partial charge < -0.3 is 21.1 Å². The summed E-state index contributed by atoms with van der Waals surface area (Å²) in [5.74, 6) is -1.16. The quantitative estimate of drug-likeness (QED) is 0.516. The zero-order chi connectivity index (χ0) is 13.8. The monoisotopic (exact) mass is 257 g/mol. The second kappa shape index (κ2) is 5.70. The van der Waals surface area contributed by atoms with Gasteiger partial charge in [-0.3, -0.25) is 9.59 Å². The van der Waals surface area contributed by atoms with Crippen molar-refractivity contribution >= 4 is 17.9 Å². The van der Waals surface area contributed by atoms with Gasteiger partial charge in [0.25, 0.3) is 0 Å². The third-order valence-electron chi connectivity index (χ3n) is 3.07. The summed E-state index contributed by atoms with van der Waals surface area (Å²) in [7, 11) is 0. The van der Waals surface area contributed by atoms with Crippen LogP contribution in [0, 0.1) is 11.3 Å². The van der Waals surface area contributed by atoms with Gasteiger partial charge in [0.2, 0.25) is 5.91 Å². The first kappa shape index (κ1) is 14.3. The van der Waals surface area contributed by atoms with Crippen LogP contribution in [0.4, 0.5) is 4.79 Å². The van der Waals surface area contributed by atoms with Gasteiger partial charge in [0, 0.05) is 6.54 Å². The predicted octanol–water partition coefficient (Wildman–Crippen LogP) is -0.467. The Morgan fingerprint density at radius 3 is 2.28 bits per heavy atom. The first-order chi connectivity index (χ1) is 8.31. The van der Waals surface area contributed by atoms with Crippen LogP contribution in [0.5, 0.6) is 0 Å². The fourth-order valence-electron chi connectivity index (χ4n) is 1.60. The molecule has 1 fully saturated rings. The van der Waals surface area contributed by atoms with Crippen molar-refractivity contribution in [3.8, 4) is 0 Å². The first-order valence-corrected chi connectivity index (χ1v) is 5.81. The molecular formula is C11H19N3O4. The largest absolute Gasteiger partial charge is 0.480 e. The van der Waals surface area contributed by atoms with Gasteiger partial charge in [0.15, 0.2) is 0 Å². The summed E-state index contributed by atoms with van der Waals surface area (Å²) in [6, 6.07) is -0.414. The highest BCUT2D eigenvalue weighted by molar-refractivity contribution is 5.86. The maximum atomic E-state index is 11.3. The van der Waals surface area contributed by atoms with Gasteiger partial charge in [-0.15, -0.1) is 0 Å². The molecule has 0 aromatic heterocycles. The minimum atomic E-state index is -1.12. The molecule has 0 radical (unpaired) electrons. The Bertz CT molecular complexity index is 354. The molecule has 1 unspecified atom stereocenters. The number of carboxylic acid groups (broad SMARTS) is 1. The summed E-state index contributed by atoms with van der Waals surface area (Å²) < 4.78 is 0. The van der Waals surface area contributed by atoms with Crippen LogP contribution in [0.1, 0.15) is 20.3 Å². The number of carboxylic acids is 1. The van der Waals surface area contributed by atoms with Crippen molar-refractivity contribution in [3.05, 3.63) is 0 Å². The van der Waals surface area contributed by atoms with Gasteiger partial charge >= 0.3 is 12.0 Å². The summed E-state index contributed by atoms with van der Waals surface area (Å²) in [5, 5.41) is 15.5. The standard InChI is InChI=1S/C11H19N3O4/c1-11(2)3-7(11)4-13-10(18)14-5-8(15)12-6-9(16)17/h7H,3-6H2,1-2H3,(H,12,15)(H,16,17)(H2,13,14,18). The number of rotatable bonds is 6. The maximum absolute atomic E-state index is 11.3. The summed E-state index contributed by atoms with van der Waals surface area (Å²) in [4.78, 5) is 32.6. The number of urea groups is 1. The number of carbonyl (C=O) groups is 3. The Morgan fingerprint density at radius 1 is 1.17 bits per heavy atom. The van der Waals surface area contributed by atoms with E-state index in [1.807, 2.05) is 0 Å². The van der Waals surface area contributed by atoms with Crippen LogP contribution >= 0.6 is 0 Å². The van der Waals surface area contributed by atoms with Crippen LogP contribution in [0.3, 0.4) is 0 Å². The third-order valence-corrected chi connectivity index (χ3v) is 3.07. The Kier molecular flexibility index (Phi) is 4.52. The molecule has 7 heteroatoms. The van der Waals surface area contributed by atoms with Crippen molar-refractivity contribution in [2.75, 3.05) is 19.6 Å². The lowest BCUT2D eigenvalue weighted by atomic mass is 10.1. The number of carbonyl (C=O) groups excluding carboxylic acids is 2. The topological polar surface area (TPSA) is 108 Å². The van der Waals surface area contributed by atoms with E-state index in [4.69, 9.17) is 5.11 Å². The molecule has 0 aliphatic heterocycles. The Hall–Kier alpha value is -1.79. The molecule has 102 valence electrons. The van der Waals surface area contributed by atoms with Gasteiger partial charge in [-0.05, 0) is 17.8 Å². The molecule has 0 aromatic rings. The van der Waals surface area contributed by atoms with Crippen molar-refractivity contribution < 1.29 is 19.5 Å². The highest BCUT2D eigenvalue weighted by atomic mass is 16.4. The minimum absolute atomic E-state index is 0.229. The average Bonchev–Trinajstić information content (AvgIpc) is 2.89. The van der Waals surface area contributed by atoms with E-state index in [9.17, 15) is 14.4 Å². The normalized spacial score (nSPS) is 19.8. The molecule has 0 aromatic carbocycles. The molecule has 1 atom stereocenters. The Labute approximate surface area is 105 Å². The molecule has 1 aliphatic rings. The second-order valence-corrected chi connectivity index (χ2v) is 5.12. The Morgan fingerprint density at radius 2 is 1.78 bits per heavy atom. The van der Waals surface area contributed by atoms with Crippen molar-refractivity contribution in [1.82, 2.24) is 16.0 Å². The molecule has 18 heavy (non-hydrogen) atoms. The SMILES string of the molecule is CC1(C)CC1CNC(=O)NCC(=O)NCC(=O)O. The van der Waals surface area contributed by atoms with E-state index >= 15 is 0 Å². The summed E-state index contributed by atoms with van der Waals surface area (Å²) in [6.07, 6.45) is 1.09. The van der Waals surface area contributed by atoms with Gasteiger partial charge in [-0.25, -0.2) is 4.79 Å². The van der Waals surface area contributed by atoms with Crippen molar-refractivity contribution in [3.63, 3.8) is 0 Å². The first-order valence-electron chi connectivity index (χ1n) is 5.81. The van der Waals surface area contributed by atoms with E-state index in [2.05, 4.69) is 29.8 Å². The lowest BCUT2D eigenvalue weighted by Crippen LogP contribution is -2.43. The van der Waals surface area contributed by atoms with Crippen LogP contribution in [-0.4, -0.2) is 42.6 Å². The molecule has 1 saturated carbocycles. The van der Waals surface area contributed by atoms with Gasteiger partial charge in [-0.2, -0.15) is 0 Å². The van der Waals surface area contributed by atoms with Crippen LogP contribution < -0.4 is 16.0 Å². The van der Waals surface area contributed by atoms with E-state index in [1.54, 1.807) is 0 Å². The van der Waals surface area contributed by atoms with Crippen LogP contribution in [-0.2, 0) is 9.59 Å². The molecule has 1 rings (SSSR count). The molecule has 7 nitrogen and oxygen atoms in total. The number of hydrogen-bond acceptors (Lipinski definition) is 3. The number of amides is 3. The lowest BCUT2D eigenvalue weighted by Gasteiger charge is -2.08. The summed E-state index contributed by atoms with van der Waals surface area (Å²) in [5.41, 5.74) is 0.298. The smallest absolute Gasteiger partial charge is 0.322 e. The molecule has 1 aliphatic carbocycles. The zero-order valence-corrected chi connectivity index (χ0v) is 10.6. The maximum Gasteiger partial charge on any atom is 0.322 e. The number of nitrogens with one attached hydrogen (secondary N) is 3. The molecule has 3 amide bonds. The molecule has 0 spiro atoms. The van der Waals surface area contributed by atoms with Gasteiger partial charge in [-0.1, -0.05) is 13.8 Å². The van der Waals surface area contributed by atoms with Gasteiger partial charge in [0.05, 0.1) is 6.54 Å². The minimum Gasteiger partial charge on any atom is -0.480 e. The fraction of sp³-hybridized carbons (Fsp3) is 0.727. The molecule has 0 heterocycles. The molecular weight excluding hydrogens is 238 g/mol. The van der Waals surface area contributed by atoms with Crippen molar-refractivity contribution in [2.24, 2.45) is 11.3 Å². The highest BCUT2D eigenvalue weighted by Gasteiger charge is 2.45. The van der Waals surface area contributed by atoms with E-state index in [0.29, 0.717) is 17.9 Å². The van der Waals surface area contributed by atoms with E-state index in [-0.39, 0.29) is 6.54 Å². The molecule has 4 N–H and O–H groups in total. The van der Waals surface area contributed by atoms with Gasteiger partial charge in [0.1, 0.15) is 6.54 Å². The number of aliphatic carboxylic acids is 1. The van der Waals surface area contributed by atoms with Crippen molar-refractivity contribution in [2.45, 2.75) is 20.3 Å². The lowest BCUT2D eigenvalue weighted by molar-refractivity contribution is -0.137. The van der Waals surface area contributed by atoms with Crippen LogP contribution in [0.15, 0.2) is 0 Å². The second-order valence-electron chi connectivity index (χ2n) is 5.12. The fourth-order valence-corrected chi connectivity index (χ4v) is 1.60. The molecule has 0 saturated heterocycles. The highest BCUT2D eigenvalue weighted by Crippen LogP contribution is 2.50. The molecule has 0 bridgehead atoms. The average molecular weight is 257 g/mol. The van der Waals surface area contributed by atoms with Crippen LogP contribution in [0.25, 0.3) is 0 Å². The Balaban J connectivity index is 2.06. The third kappa shape index (κ3) is 5.03. The summed E-state index contributed by atoms with van der Waals surface area (Å²) in [6.45, 7) is 4.19. The zero-order valence-electron chi connectivity index (χ0n) is 10.6. The predicted molar refractivity (Wildman–Crippen MR) is 63.9 cm³/mol. The number of hydrogen-bond donors (Lipinski definition) is 4. The van der Waals surface area contributed by atoms with Crippen molar-refractivity contribution in [1.29, 1.82) is 0 Å². The van der Waals surface area contributed by atoms with E-state index in [1.165, 1.54) is 0 Å².